The van der Waals surface area contributed by atoms with Crippen molar-refractivity contribution < 1.29 is 0 Å². The summed E-state index contributed by atoms with van der Waals surface area (Å²) in [6.45, 7) is 5.88. The van der Waals surface area contributed by atoms with E-state index < -0.39 is 0 Å². The van der Waals surface area contributed by atoms with Gasteiger partial charge in [-0.1, -0.05) is 36.5 Å². The lowest BCUT2D eigenvalue weighted by atomic mass is 9.90. The first-order chi connectivity index (χ1) is 5.83. The van der Waals surface area contributed by atoms with Gasteiger partial charge in [0.15, 0.2) is 0 Å². The Morgan fingerprint density at radius 3 is 3.08 bits per heavy atom. The van der Waals surface area contributed by atoms with E-state index >= 15 is 0 Å². The summed E-state index contributed by atoms with van der Waals surface area (Å²) >= 11 is 0. The third-order valence-corrected chi connectivity index (χ3v) is 2.34. The van der Waals surface area contributed by atoms with Crippen LogP contribution in [0, 0.1) is 5.92 Å². The molecule has 1 aliphatic carbocycles. The summed E-state index contributed by atoms with van der Waals surface area (Å²) in [4.78, 5) is 0. The molecule has 0 fully saturated rings. The zero-order valence-corrected chi connectivity index (χ0v) is 7.92. The monoisotopic (exact) mass is 162 g/mol. The van der Waals surface area contributed by atoms with E-state index in [1.165, 1.54) is 31.3 Å². The normalized spacial score (nSPS) is 24.1. The fourth-order valence-corrected chi connectivity index (χ4v) is 1.74. The minimum atomic E-state index is 0.787. The third-order valence-electron chi connectivity index (χ3n) is 2.34. The maximum atomic E-state index is 3.70. The molecule has 0 bridgehead atoms. The van der Waals surface area contributed by atoms with Crippen LogP contribution in [0.1, 0.15) is 32.6 Å². The molecule has 0 heterocycles. The van der Waals surface area contributed by atoms with Gasteiger partial charge in [0.2, 0.25) is 0 Å². The molecule has 12 heavy (non-hydrogen) atoms. The van der Waals surface area contributed by atoms with Gasteiger partial charge < -0.3 is 0 Å². The molecule has 1 aliphatic rings. The average Bonchev–Trinajstić information content (AvgIpc) is 2.06. The molecule has 0 N–H and O–H groups in total. The topological polar surface area (TPSA) is 0 Å². The minimum Gasteiger partial charge on any atom is -0.0991 e. The molecule has 0 spiro atoms. The Hall–Kier alpha value is -0.780. The minimum absolute atomic E-state index is 0.787. The molecule has 0 aliphatic heterocycles. The highest BCUT2D eigenvalue weighted by molar-refractivity contribution is 5.10. The summed E-state index contributed by atoms with van der Waals surface area (Å²) in [6, 6.07) is 0. The number of allylic oxidation sites excluding steroid dienone is 5. The van der Waals surface area contributed by atoms with Crippen molar-refractivity contribution in [3.8, 4) is 0 Å². The Kier molecular flexibility index (Phi) is 3.86. The lowest BCUT2D eigenvalue weighted by Gasteiger charge is -2.15. The highest BCUT2D eigenvalue weighted by Gasteiger charge is 2.07. The summed E-state index contributed by atoms with van der Waals surface area (Å²) in [5.41, 5.74) is 1.45. The van der Waals surface area contributed by atoms with Crippen molar-refractivity contribution in [3.05, 3.63) is 36.5 Å². The maximum Gasteiger partial charge on any atom is -0.0196 e. The van der Waals surface area contributed by atoms with Crippen molar-refractivity contribution in [1.82, 2.24) is 0 Å². The van der Waals surface area contributed by atoms with E-state index in [1.807, 2.05) is 6.08 Å². The second-order valence-corrected chi connectivity index (χ2v) is 3.57. The summed E-state index contributed by atoms with van der Waals surface area (Å²) < 4.78 is 0. The van der Waals surface area contributed by atoms with Crippen molar-refractivity contribution >= 4 is 0 Å². The van der Waals surface area contributed by atoms with Crippen LogP contribution < -0.4 is 0 Å². The molecule has 0 saturated carbocycles. The van der Waals surface area contributed by atoms with E-state index in [0.717, 1.165) is 5.92 Å². The zero-order chi connectivity index (χ0) is 8.81. The smallest absolute Gasteiger partial charge is 0.0196 e. The van der Waals surface area contributed by atoms with Crippen LogP contribution in [0.25, 0.3) is 0 Å². The fourth-order valence-electron chi connectivity index (χ4n) is 1.74. The predicted octanol–water partition coefficient (Wildman–Crippen LogP) is 3.87. The average molecular weight is 162 g/mol. The standard InChI is InChI=1S/C12H18/c1-3-7-11(2)10-12-8-5-4-6-9-12/h3,5,7-8,12H,1,4,6,9-10H2,2H3/b11-7+. The van der Waals surface area contributed by atoms with Crippen molar-refractivity contribution in [2.24, 2.45) is 5.92 Å². The second-order valence-electron chi connectivity index (χ2n) is 3.57. The van der Waals surface area contributed by atoms with Gasteiger partial charge in [-0.15, -0.1) is 0 Å². The van der Waals surface area contributed by atoms with Gasteiger partial charge in [0, 0.05) is 0 Å². The van der Waals surface area contributed by atoms with Crippen LogP contribution in [0.5, 0.6) is 0 Å². The molecule has 0 nitrogen and oxygen atoms in total. The fraction of sp³-hybridized carbons (Fsp3) is 0.500. The molecule has 0 radical (unpaired) electrons. The van der Waals surface area contributed by atoms with Crippen molar-refractivity contribution in [1.29, 1.82) is 0 Å². The van der Waals surface area contributed by atoms with Crippen molar-refractivity contribution in [2.45, 2.75) is 32.6 Å². The quantitative estimate of drug-likeness (QED) is 0.436. The van der Waals surface area contributed by atoms with Crippen LogP contribution in [0.3, 0.4) is 0 Å². The molecule has 1 atom stereocenters. The molecular weight excluding hydrogens is 144 g/mol. The lowest BCUT2D eigenvalue weighted by molar-refractivity contribution is 0.537. The van der Waals surface area contributed by atoms with E-state index in [2.05, 4.69) is 31.7 Å². The molecule has 66 valence electrons. The Labute approximate surface area is 75.7 Å². The van der Waals surface area contributed by atoms with Gasteiger partial charge in [-0.3, -0.25) is 0 Å². The maximum absolute atomic E-state index is 3.70. The molecular formula is C12H18. The zero-order valence-electron chi connectivity index (χ0n) is 7.92. The van der Waals surface area contributed by atoms with Gasteiger partial charge >= 0.3 is 0 Å². The SMILES string of the molecule is C=C/C=C(\C)CC1C=CCCC1. The largest absolute Gasteiger partial charge is 0.0991 e. The molecule has 0 aromatic carbocycles. The molecule has 0 aromatic heterocycles. The van der Waals surface area contributed by atoms with Crippen molar-refractivity contribution in [3.63, 3.8) is 0 Å². The Balaban J connectivity index is 2.39. The van der Waals surface area contributed by atoms with Gasteiger partial charge in [0.05, 0.1) is 0 Å². The van der Waals surface area contributed by atoms with Gasteiger partial charge in [-0.2, -0.15) is 0 Å². The van der Waals surface area contributed by atoms with Crippen LogP contribution in [0.4, 0.5) is 0 Å². The lowest BCUT2D eigenvalue weighted by Crippen LogP contribution is -2.00. The van der Waals surface area contributed by atoms with Crippen LogP contribution >= 0.6 is 0 Å². The summed E-state index contributed by atoms with van der Waals surface area (Å²) in [6.07, 6.45) is 13.9. The molecule has 1 rings (SSSR count). The molecule has 0 amide bonds. The molecule has 0 saturated heterocycles. The molecule has 0 aromatic rings. The van der Waals surface area contributed by atoms with Crippen LogP contribution in [0.15, 0.2) is 36.5 Å². The van der Waals surface area contributed by atoms with E-state index in [1.54, 1.807) is 0 Å². The Bertz CT molecular complexity index is 196. The first-order valence-electron chi connectivity index (χ1n) is 4.78. The molecule has 1 unspecified atom stereocenters. The van der Waals surface area contributed by atoms with Gasteiger partial charge in [0.25, 0.3) is 0 Å². The molecule has 0 heteroatoms. The Morgan fingerprint density at radius 2 is 2.50 bits per heavy atom. The predicted molar refractivity (Wildman–Crippen MR) is 55.1 cm³/mol. The first kappa shape index (κ1) is 9.31. The van der Waals surface area contributed by atoms with E-state index in [4.69, 9.17) is 0 Å². The summed E-state index contributed by atoms with van der Waals surface area (Å²) in [5, 5.41) is 0. The van der Waals surface area contributed by atoms with E-state index in [-0.39, 0.29) is 0 Å². The van der Waals surface area contributed by atoms with Gasteiger partial charge in [-0.05, 0) is 38.5 Å². The van der Waals surface area contributed by atoms with E-state index in [0.29, 0.717) is 0 Å². The first-order valence-corrected chi connectivity index (χ1v) is 4.78. The number of rotatable bonds is 3. The van der Waals surface area contributed by atoms with Crippen LogP contribution in [-0.4, -0.2) is 0 Å². The van der Waals surface area contributed by atoms with Crippen LogP contribution in [-0.2, 0) is 0 Å². The number of hydrogen-bond acceptors (Lipinski definition) is 0. The van der Waals surface area contributed by atoms with Gasteiger partial charge in [-0.25, -0.2) is 0 Å². The summed E-state index contributed by atoms with van der Waals surface area (Å²) in [7, 11) is 0. The summed E-state index contributed by atoms with van der Waals surface area (Å²) in [5.74, 6) is 0.787. The second kappa shape index (κ2) is 4.97. The third kappa shape index (κ3) is 3.08. The number of hydrogen-bond donors (Lipinski definition) is 0. The highest BCUT2D eigenvalue weighted by Crippen LogP contribution is 2.23. The Morgan fingerprint density at radius 1 is 1.67 bits per heavy atom. The highest BCUT2D eigenvalue weighted by atomic mass is 14.1. The van der Waals surface area contributed by atoms with Crippen molar-refractivity contribution in [2.75, 3.05) is 0 Å². The van der Waals surface area contributed by atoms with E-state index in [9.17, 15) is 0 Å². The van der Waals surface area contributed by atoms with Gasteiger partial charge in [0.1, 0.15) is 0 Å². The van der Waals surface area contributed by atoms with Crippen LogP contribution in [0.2, 0.25) is 0 Å².